The van der Waals surface area contributed by atoms with Crippen molar-refractivity contribution in [3.05, 3.63) is 0 Å². The first kappa shape index (κ1) is 14.8. The third-order valence-electron chi connectivity index (χ3n) is 5.29. The van der Waals surface area contributed by atoms with Crippen LogP contribution in [0.1, 0.15) is 65.2 Å². The van der Waals surface area contributed by atoms with Gasteiger partial charge >= 0.3 is 5.97 Å². The van der Waals surface area contributed by atoms with Gasteiger partial charge in [-0.3, -0.25) is 9.69 Å². The number of nitrogens with zero attached hydrogens (tertiary/aromatic N) is 1. The number of aliphatic carboxylic acids is 1. The van der Waals surface area contributed by atoms with E-state index in [4.69, 9.17) is 0 Å². The summed E-state index contributed by atoms with van der Waals surface area (Å²) >= 11 is 0. The summed E-state index contributed by atoms with van der Waals surface area (Å²) in [5, 5.41) is 9.33. The molecule has 1 N–H and O–H groups in total. The molecule has 0 radical (unpaired) electrons. The molecule has 0 spiro atoms. The number of carboxylic acids is 1. The molecule has 3 nitrogen and oxygen atoms in total. The molecule has 0 aromatic rings. The molecule has 1 saturated heterocycles. The van der Waals surface area contributed by atoms with Crippen molar-refractivity contribution in [3.63, 3.8) is 0 Å². The summed E-state index contributed by atoms with van der Waals surface area (Å²) in [4.78, 5) is 13.8. The smallest absolute Gasteiger partial charge is 0.310 e. The molecule has 2 rings (SSSR count). The van der Waals surface area contributed by atoms with Crippen LogP contribution in [0.3, 0.4) is 0 Å². The molecule has 1 saturated carbocycles. The van der Waals surface area contributed by atoms with Gasteiger partial charge < -0.3 is 5.11 Å². The average molecular weight is 267 g/mol. The summed E-state index contributed by atoms with van der Waals surface area (Å²) in [7, 11) is 0. The second kappa shape index (κ2) is 6.25. The Morgan fingerprint density at radius 3 is 2.74 bits per heavy atom. The van der Waals surface area contributed by atoms with Crippen molar-refractivity contribution in [3.8, 4) is 0 Å². The van der Waals surface area contributed by atoms with Crippen LogP contribution in [-0.2, 0) is 4.79 Å². The highest BCUT2D eigenvalue weighted by Crippen LogP contribution is 2.36. The molecular formula is C16H29NO2. The monoisotopic (exact) mass is 267 g/mol. The van der Waals surface area contributed by atoms with E-state index in [-0.39, 0.29) is 0 Å². The highest BCUT2D eigenvalue weighted by molar-refractivity contribution is 5.74. The van der Waals surface area contributed by atoms with Crippen LogP contribution in [0.25, 0.3) is 0 Å². The molecule has 19 heavy (non-hydrogen) atoms. The zero-order chi connectivity index (χ0) is 13.9. The van der Waals surface area contributed by atoms with E-state index in [1.165, 1.54) is 44.9 Å². The van der Waals surface area contributed by atoms with E-state index in [0.717, 1.165) is 25.4 Å². The SMILES string of the molecule is CCCC1CCCC(N2CCC(C)(C(=O)O)C2)CC1. The summed E-state index contributed by atoms with van der Waals surface area (Å²) in [5.74, 6) is 0.302. The van der Waals surface area contributed by atoms with Crippen molar-refractivity contribution in [1.29, 1.82) is 0 Å². The Balaban J connectivity index is 1.88. The minimum absolute atomic E-state index is 0.505. The van der Waals surface area contributed by atoms with Crippen LogP contribution in [0.15, 0.2) is 0 Å². The largest absolute Gasteiger partial charge is 0.481 e. The number of hydrogen-bond acceptors (Lipinski definition) is 2. The first-order valence-corrected chi connectivity index (χ1v) is 8.02. The second-order valence-electron chi connectivity index (χ2n) is 6.90. The minimum Gasteiger partial charge on any atom is -0.481 e. The van der Waals surface area contributed by atoms with E-state index in [9.17, 15) is 9.90 Å². The molecule has 0 bridgehead atoms. The van der Waals surface area contributed by atoms with Gasteiger partial charge in [0.25, 0.3) is 0 Å². The Bertz CT molecular complexity index is 318. The van der Waals surface area contributed by atoms with E-state index >= 15 is 0 Å². The van der Waals surface area contributed by atoms with E-state index in [1.807, 2.05) is 6.92 Å². The zero-order valence-electron chi connectivity index (χ0n) is 12.5. The predicted octanol–water partition coefficient (Wildman–Crippen LogP) is 3.53. The van der Waals surface area contributed by atoms with Crippen molar-refractivity contribution in [2.24, 2.45) is 11.3 Å². The maximum Gasteiger partial charge on any atom is 0.310 e. The molecule has 3 heteroatoms. The molecule has 0 aromatic heterocycles. The van der Waals surface area contributed by atoms with Crippen molar-refractivity contribution in [1.82, 2.24) is 4.90 Å². The van der Waals surface area contributed by atoms with Crippen LogP contribution >= 0.6 is 0 Å². The maximum absolute atomic E-state index is 11.3. The number of hydrogen-bond donors (Lipinski definition) is 1. The lowest BCUT2D eigenvalue weighted by molar-refractivity contribution is -0.147. The quantitative estimate of drug-likeness (QED) is 0.792. The molecule has 1 heterocycles. The summed E-state index contributed by atoms with van der Waals surface area (Å²) in [6.45, 7) is 5.92. The van der Waals surface area contributed by atoms with Crippen LogP contribution in [0.2, 0.25) is 0 Å². The minimum atomic E-state index is -0.618. The van der Waals surface area contributed by atoms with E-state index in [1.54, 1.807) is 0 Å². The van der Waals surface area contributed by atoms with Crippen LogP contribution in [-0.4, -0.2) is 35.1 Å². The van der Waals surface area contributed by atoms with Gasteiger partial charge in [-0.05, 0) is 45.1 Å². The van der Waals surface area contributed by atoms with Gasteiger partial charge in [0.15, 0.2) is 0 Å². The van der Waals surface area contributed by atoms with Gasteiger partial charge in [-0.25, -0.2) is 0 Å². The fraction of sp³-hybridized carbons (Fsp3) is 0.938. The number of carbonyl (C=O) groups is 1. The lowest BCUT2D eigenvalue weighted by Crippen LogP contribution is -2.37. The lowest BCUT2D eigenvalue weighted by Gasteiger charge is -2.28. The van der Waals surface area contributed by atoms with Gasteiger partial charge in [0.05, 0.1) is 5.41 Å². The summed E-state index contributed by atoms with van der Waals surface area (Å²) < 4.78 is 0. The maximum atomic E-state index is 11.3. The van der Waals surface area contributed by atoms with Crippen LogP contribution in [0.5, 0.6) is 0 Å². The molecule has 110 valence electrons. The van der Waals surface area contributed by atoms with Crippen molar-refractivity contribution >= 4 is 5.97 Å². The third kappa shape index (κ3) is 3.50. The van der Waals surface area contributed by atoms with Crippen LogP contribution < -0.4 is 0 Å². The number of likely N-dealkylation sites (tertiary alicyclic amines) is 1. The van der Waals surface area contributed by atoms with Crippen molar-refractivity contribution < 1.29 is 9.90 Å². The van der Waals surface area contributed by atoms with Gasteiger partial charge in [-0.2, -0.15) is 0 Å². The first-order chi connectivity index (χ1) is 9.05. The molecule has 0 amide bonds. The van der Waals surface area contributed by atoms with E-state index in [0.29, 0.717) is 6.04 Å². The Morgan fingerprint density at radius 1 is 1.32 bits per heavy atom. The molecule has 2 fully saturated rings. The van der Waals surface area contributed by atoms with E-state index in [2.05, 4.69) is 11.8 Å². The third-order valence-corrected chi connectivity index (χ3v) is 5.29. The fourth-order valence-electron chi connectivity index (χ4n) is 3.90. The normalized spacial score (nSPS) is 37.2. The van der Waals surface area contributed by atoms with Crippen LogP contribution in [0, 0.1) is 11.3 Å². The van der Waals surface area contributed by atoms with Gasteiger partial charge in [0.2, 0.25) is 0 Å². The van der Waals surface area contributed by atoms with Gasteiger partial charge in [-0.15, -0.1) is 0 Å². The average Bonchev–Trinajstić information content (AvgIpc) is 2.63. The first-order valence-electron chi connectivity index (χ1n) is 8.02. The van der Waals surface area contributed by atoms with Gasteiger partial charge in [-0.1, -0.05) is 32.6 Å². The highest BCUT2D eigenvalue weighted by atomic mass is 16.4. The standard InChI is InChI=1S/C16H29NO2/c1-3-5-13-6-4-7-14(9-8-13)17-11-10-16(2,12-17)15(18)19/h13-14H,3-12H2,1-2H3,(H,18,19). The predicted molar refractivity (Wildman–Crippen MR) is 77.2 cm³/mol. The highest BCUT2D eigenvalue weighted by Gasteiger charge is 2.42. The van der Waals surface area contributed by atoms with Crippen molar-refractivity contribution in [2.45, 2.75) is 71.3 Å². The molecule has 1 aliphatic heterocycles. The Kier molecular flexibility index (Phi) is 4.88. The van der Waals surface area contributed by atoms with Crippen molar-refractivity contribution in [2.75, 3.05) is 13.1 Å². The Morgan fingerprint density at radius 2 is 2.11 bits per heavy atom. The molecule has 3 atom stereocenters. The Hall–Kier alpha value is -0.570. The fourth-order valence-corrected chi connectivity index (χ4v) is 3.90. The Labute approximate surface area is 117 Å². The summed E-state index contributed by atoms with van der Waals surface area (Å²) in [5.41, 5.74) is -0.505. The van der Waals surface area contributed by atoms with Gasteiger partial charge in [0, 0.05) is 12.6 Å². The zero-order valence-corrected chi connectivity index (χ0v) is 12.5. The topological polar surface area (TPSA) is 40.5 Å². The molecule has 0 aromatic carbocycles. The number of carboxylic acid groups (broad SMARTS) is 1. The number of rotatable bonds is 4. The molecule has 1 aliphatic carbocycles. The molecule has 3 unspecified atom stereocenters. The summed E-state index contributed by atoms with van der Waals surface area (Å²) in [6, 6.07) is 0.642. The van der Waals surface area contributed by atoms with Crippen LogP contribution in [0.4, 0.5) is 0 Å². The van der Waals surface area contributed by atoms with Gasteiger partial charge in [0.1, 0.15) is 0 Å². The van der Waals surface area contributed by atoms with E-state index < -0.39 is 11.4 Å². The molecule has 2 aliphatic rings. The lowest BCUT2D eigenvalue weighted by atomic mass is 9.90. The second-order valence-corrected chi connectivity index (χ2v) is 6.90. The summed E-state index contributed by atoms with van der Waals surface area (Å²) in [6.07, 6.45) is 10.1. The molecular weight excluding hydrogens is 238 g/mol.